The maximum absolute atomic E-state index is 13.3. The van der Waals surface area contributed by atoms with Crippen LogP contribution in [0.4, 0.5) is 4.39 Å². The Morgan fingerprint density at radius 1 is 1.11 bits per heavy atom. The van der Waals surface area contributed by atoms with E-state index in [4.69, 9.17) is 9.47 Å². The minimum atomic E-state index is -3.67. The first-order chi connectivity index (χ1) is 13.0. The third-order valence-electron chi connectivity index (χ3n) is 4.58. The summed E-state index contributed by atoms with van der Waals surface area (Å²) in [5.41, 5.74) is 0.857. The minimum Gasteiger partial charge on any atom is -0.497 e. The maximum atomic E-state index is 13.3. The van der Waals surface area contributed by atoms with E-state index in [0.717, 1.165) is 5.56 Å². The summed E-state index contributed by atoms with van der Waals surface area (Å²) in [6.07, 6.45) is 0. The second kappa shape index (κ2) is 8.79. The lowest BCUT2D eigenvalue weighted by atomic mass is 10.0. The lowest BCUT2D eigenvalue weighted by Gasteiger charge is -2.34. The lowest BCUT2D eigenvalue weighted by Crippen LogP contribution is -2.43. The molecule has 0 radical (unpaired) electrons. The van der Waals surface area contributed by atoms with Crippen molar-refractivity contribution < 1.29 is 22.3 Å². The zero-order valence-corrected chi connectivity index (χ0v) is 15.9. The van der Waals surface area contributed by atoms with Crippen LogP contribution >= 0.6 is 0 Å². The van der Waals surface area contributed by atoms with Crippen molar-refractivity contribution in [2.24, 2.45) is 0 Å². The first-order valence-corrected chi connectivity index (χ1v) is 10.2. The Hall–Kier alpha value is -2.00. The van der Waals surface area contributed by atoms with E-state index in [2.05, 4.69) is 9.62 Å². The van der Waals surface area contributed by atoms with Gasteiger partial charge in [0, 0.05) is 25.7 Å². The molecule has 1 aliphatic rings. The molecule has 3 rings (SSSR count). The molecule has 27 heavy (non-hydrogen) atoms. The normalized spacial score (nSPS) is 16.8. The number of methoxy groups -OCH3 is 1. The van der Waals surface area contributed by atoms with Gasteiger partial charge in [-0.15, -0.1) is 0 Å². The van der Waals surface area contributed by atoms with Gasteiger partial charge in [-0.05, 0) is 42.0 Å². The molecular formula is C19H23FN2O4S. The summed E-state index contributed by atoms with van der Waals surface area (Å²) < 4.78 is 51.7. The van der Waals surface area contributed by atoms with E-state index in [0.29, 0.717) is 32.1 Å². The quantitative estimate of drug-likeness (QED) is 0.780. The average Bonchev–Trinajstić information content (AvgIpc) is 2.70. The van der Waals surface area contributed by atoms with E-state index < -0.39 is 10.0 Å². The van der Waals surface area contributed by atoms with Gasteiger partial charge >= 0.3 is 0 Å². The highest BCUT2D eigenvalue weighted by Crippen LogP contribution is 2.23. The molecule has 0 aliphatic carbocycles. The molecule has 0 saturated carbocycles. The molecule has 2 aromatic carbocycles. The van der Waals surface area contributed by atoms with Crippen LogP contribution in [0, 0.1) is 5.82 Å². The van der Waals surface area contributed by atoms with Gasteiger partial charge < -0.3 is 9.47 Å². The Bertz CT molecular complexity index is 835. The smallest absolute Gasteiger partial charge is 0.240 e. The predicted octanol–water partition coefficient (Wildman–Crippen LogP) is 2.19. The van der Waals surface area contributed by atoms with Gasteiger partial charge in [-0.1, -0.05) is 12.1 Å². The fourth-order valence-electron chi connectivity index (χ4n) is 3.06. The van der Waals surface area contributed by atoms with E-state index >= 15 is 0 Å². The van der Waals surface area contributed by atoms with Crippen LogP contribution in [-0.4, -0.2) is 53.3 Å². The number of nitrogens with zero attached hydrogens (tertiary/aromatic N) is 1. The Labute approximate surface area is 159 Å². The van der Waals surface area contributed by atoms with Crippen molar-refractivity contribution in [2.45, 2.75) is 10.9 Å². The highest BCUT2D eigenvalue weighted by Gasteiger charge is 2.25. The van der Waals surface area contributed by atoms with E-state index in [-0.39, 0.29) is 23.3 Å². The van der Waals surface area contributed by atoms with Gasteiger partial charge in [0.2, 0.25) is 10.0 Å². The summed E-state index contributed by atoms with van der Waals surface area (Å²) in [5.74, 6) is 0.268. The number of rotatable bonds is 7. The van der Waals surface area contributed by atoms with Crippen molar-refractivity contribution in [1.82, 2.24) is 9.62 Å². The van der Waals surface area contributed by atoms with Gasteiger partial charge in [-0.3, -0.25) is 4.90 Å². The van der Waals surface area contributed by atoms with Gasteiger partial charge in [-0.2, -0.15) is 0 Å². The number of sulfonamides is 1. The van der Waals surface area contributed by atoms with Crippen LogP contribution in [0.25, 0.3) is 0 Å². The van der Waals surface area contributed by atoms with Gasteiger partial charge in [0.15, 0.2) is 0 Å². The third kappa shape index (κ3) is 5.04. The SMILES string of the molecule is COc1ccc(S(=O)(=O)NCC(c2ccc(F)cc2)N2CCOCC2)cc1. The number of nitrogens with one attached hydrogen (secondary N) is 1. The minimum absolute atomic E-state index is 0.170. The number of benzene rings is 2. The zero-order chi connectivity index (χ0) is 19.3. The molecule has 8 heteroatoms. The van der Waals surface area contributed by atoms with Crippen LogP contribution in [0.1, 0.15) is 11.6 Å². The van der Waals surface area contributed by atoms with Crippen molar-refractivity contribution in [2.75, 3.05) is 40.0 Å². The second-order valence-electron chi connectivity index (χ2n) is 6.24. The summed E-state index contributed by atoms with van der Waals surface area (Å²) >= 11 is 0. The second-order valence-corrected chi connectivity index (χ2v) is 8.01. The molecule has 1 aliphatic heterocycles. The van der Waals surface area contributed by atoms with E-state index in [1.165, 1.54) is 31.4 Å². The van der Waals surface area contributed by atoms with Crippen molar-refractivity contribution >= 4 is 10.0 Å². The molecule has 146 valence electrons. The molecule has 1 heterocycles. The Morgan fingerprint density at radius 3 is 2.33 bits per heavy atom. The first-order valence-electron chi connectivity index (χ1n) is 8.70. The van der Waals surface area contributed by atoms with Gasteiger partial charge in [0.1, 0.15) is 11.6 Å². The Kier molecular flexibility index (Phi) is 6.43. The molecule has 0 spiro atoms. The fourth-order valence-corrected chi connectivity index (χ4v) is 4.10. The summed E-state index contributed by atoms with van der Waals surface area (Å²) in [7, 11) is -2.15. The number of hydrogen-bond acceptors (Lipinski definition) is 5. The van der Waals surface area contributed by atoms with Crippen LogP contribution in [0.3, 0.4) is 0 Å². The van der Waals surface area contributed by atoms with Crippen molar-refractivity contribution in [3.8, 4) is 5.75 Å². The number of morpholine rings is 1. The topological polar surface area (TPSA) is 67.9 Å². The number of ether oxygens (including phenoxy) is 2. The third-order valence-corrected chi connectivity index (χ3v) is 6.02. The van der Waals surface area contributed by atoms with Crippen molar-refractivity contribution in [3.63, 3.8) is 0 Å². The molecule has 1 atom stereocenters. The Morgan fingerprint density at radius 2 is 1.74 bits per heavy atom. The molecule has 1 unspecified atom stereocenters. The van der Waals surface area contributed by atoms with Crippen LogP contribution in [0.15, 0.2) is 53.4 Å². The highest BCUT2D eigenvalue weighted by atomic mass is 32.2. The first kappa shape index (κ1) is 19.8. The molecule has 1 N–H and O–H groups in total. The van der Waals surface area contributed by atoms with Crippen LogP contribution in [0.2, 0.25) is 0 Å². The highest BCUT2D eigenvalue weighted by molar-refractivity contribution is 7.89. The van der Waals surface area contributed by atoms with Crippen molar-refractivity contribution in [3.05, 3.63) is 59.9 Å². The molecule has 0 bridgehead atoms. The molecule has 0 aromatic heterocycles. The standard InChI is InChI=1S/C19H23FN2O4S/c1-25-17-6-8-18(9-7-17)27(23,24)21-14-19(22-10-12-26-13-11-22)15-2-4-16(20)5-3-15/h2-9,19,21H,10-14H2,1H3. The van der Waals surface area contributed by atoms with E-state index in [1.54, 1.807) is 24.3 Å². The molecule has 1 saturated heterocycles. The largest absolute Gasteiger partial charge is 0.497 e. The molecule has 6 nitrogen and oxygen atoms in total. The van der Waals surface area contributed by atoms with Gasteiger partial charge in [0.05, 0.1) is 25.2 Å². The lowest BCUT2D eigenvalue weighted by molar-refractivity contribution is 0.0172. The van der Waals surface area contributed by atoms with E-state index in [9.17, 15) is 12.8 Å². The fraction of sp³-hybridized carbons (Fsp3) is 0.368. The van der Waals surface area contributed by atoms with E-state index in [1.807, 2.05) is 0 Å². The summed E-state index contributed by atoms with van der Waals surface area (Å²) in [4.78, 5) is 2.32. The van der Waals surface area contributed by atoms with Crippen LogP contribution < -0.4 is 9.46 Å². The summed E-state index contributed by atoms with van der Waals surface area (Å²) in [6.45, 7) is 2.73. The predicted molar refractivity (Wildman–Crippen MR) is 99.7 cm³/mol. The molecule has 2 aromatic rings. The van der Waals surface area contributed by atoms with Crippen LogP contribution in [-0.2, 0) is 14.8 Å². The van der Waals surface area contributed by atoms with Gasteiger partial charge in [-0.25, -0.2) is 17.5 Å². The molecular weight excluding hydrogens is 371 g/mol. The Balaban J connectivity index is 1.77. The summed E-state index contributed by atoms with van der Waals surface area (Å²) in [6, 6.07) is 12.2. The summed E-state index contributed by atoms with van der Waals surface area (Å²) in [5, 5.41) is 0. The molecule has 1 fully saturated rings. The van der Waals surface area contributed by atoms with Crippen molar-refractivity contribution in [1.29, 1.82) is 0 Å². The maximum Gasteiger partial charge on any atom is 0.240 e. The van der Waals surface area contributed by atoms with Gasteiger partial charge in [0.25, 0.3) is 0 Å². The number of hydrogen-bond donors (Lipinski definition) is 1. The molecule has 0 amide bonds. The van der Waals surface area contributed by atoms with Crippen LogP contribution in [0.5, 0.6) is 5.75 Å². The monoisotopic (exact) mass is 394 g/mol. The zero-order valence-electron chi connectivity index (χ0n) is 15.1. The number of halogens is 1. The average molecular weight is 394 g/mol.